The molecule has 26 heavy (non-hydrogen) atoms. The molecule has 7 heteroatoms. The zero-order valence-corrected chi connectivity index (χ0v) is 14.5. The van der Waals surface area contributed by atoms with Gasteiger partial charge >= 0.3 is 5.97 Å². The molecule has 0 fully saturated rings. The number of methoxy groups -OCH3 is 1. The summed E-state index contributed by atoms with van der Waals surface area (Å²) in [6, 6.07) is 4.94. The van der Waals surface area contributed by atoms with E-state index < -0.39 is 17.6 Å². The van der Waals surface area contributed by atoms with E-state index in [1.807, 2.05) is 0 Å². The molecule has 0 aliphatic heterocycles. The first-order valence-corrected chi connectivity index (χ1v) is 7.80. The lowest BCUT2D eigenvalue weighted by atomic mass is 9.96. The fourth-order valence-corrected chi connectivity index (χ4v) is 2.91. The molecule has 1 aromatic heterocycles. The Morgan fingerprint density at radius 2 is 1.85 bits per heavy atom. The quantitative estimate of drug-likeness (QED) is 0.787. The van der Waals surface area contributed by atoms with E-state index in [0.717, 1.165) is 18.2 Å². The monoisotopic (exact) mass is 357 g/mol. The number of carbonyl (C=O) groups is 3. The van der Waals surface area contributed by atoms with Crippen LogP contribution in [0.5, 0.6) is 0 Å². The average Bonchev–Trinajstić information content (AvgIpc) is 2.88. The standard InChI is InChI=1S/C19H16FNO5/c1-10-13(9-26-19(24)11-4-6-12(20)7-5-11)16-17(21(10)2)14(22)8-15(25-3)18(16)23/h4-8H,9H2,1-3H3. The van der Waals surface area contributed by atoms with Crippen molar-refractivity contribution >= 4 is 17.5 Å². The van der Waals surface area contributed by atoms with Gasteiger partial charge < -0.3 is 14.0 Å². The lowest BCUT2D eigenvalue weighted by molar-refractivity contribution is 0.0470. The van der Waals surface area contributed by atoms with Gasteiger partial charge in [-0.3, -0.25) is 9.59 Å². The first-order valence-electron chi connectivity index (χ1n) is 7.80. The molecule has 3 rings (SSSR count). The first kappa shape index (κ1) is 17.6. The van der Waals surface area contributed by atoms with Gasteiger partial charge in [-0.2, -0.15) is 0 Å². The number of ether oxygens (including phenoxy) is 2. The minimum Gasteiger partial charge on any atom is -0.492 e. The summed E-state index contributed by atoms with van der Waals surface area (Å²) in [5, 5.41) is 0. The number of nitrogens with zero attached hydrogens (tertiary/aromatic N) is 1. The van der Waals surface area contributed by atoms with Crippen LogP contribution in [-0.2, 0) is 23.1 Å². The maximum atomic E-state index is 13.0. The van der Waals surface area contributed by atoms with Crippen LogP contribution in [0.25, 0.3) is 0 Å². The molecule has 1 aliphatic rings. The Morgan fingerprint density at radius 1 is 1.19 bits per heavy atom. The lowest BCUT2D eigenvalue weighted by Crippen LogP contribution is -2.20. The first-order chi connectivity index (χ1) is 12.3. The Hall–Kier alpha value is -3.22. The van der Waals surface area contributed by atoms with E-state index in [4.69, 9.17) is 9.47 Å². The van der Waals surface area contributed by atoms with E-state index in [2.05, 4.69) is 0 Å². The van der Waals surface area contributed by atoms with E-state index in [1.54, 1.807) is 18.5 Å². The Morgan fingerprint density at radius 3 is 2.46 bits per heavy atom. The highest BCUT2D eigenvalue weighted by molar-refractivity contribution is 6.24. The SMILES string of the molecule is COC1=CC(=O)c2c(c(COC(=O)c3ccc(F)cc3)c(C)n2C)C1=O. The van der Waals surface area contributed by atoms with Gasteiger partial charge in [-0.15, -0.1) is 0 Å². The zero-order valence-electron chi connectivity index (χ0n) is 14.5. The molecule has 134 valence electrons. The number of aromatic nitrogens is 1. The van der Waals surface area contributed by atoms with Crippen LogP contribution in [0.4, 0.5) is 4.39 Å². The van der Waals surface area contributed by atoms with Crippen molar-refractivity contribution in [2.45, 2.75) is 13.5 Å². The molecule has 0 saturated carbocycles. The average molecular weight is 357 g/mol. The maximum absolute atomic E-state index is 13.0. The fourth-order valence-electron chi connectivity index (χ4n) is 2.91. The molecule has 0 atom stereocenters. The number of Topliss-reactive ketones (excluding diaryl/α,β-unsaturated/α-hetero) is 1. The van der Waals surface area contributed by atoms with E-state index in [-0.39, 0.29) is 35.0 Å². The number of halogens is 1. The molecule has 0 amide bonds. The van der Waals surface area contributed by atoms with Crippen LogP contribution in [0, 0.1) is 12.7 Å². The van der Waals surface area contributed by atoms with Crippen LogP contribution in [0.3, 0.4) is 0 Å². The summed E-state index contributed by atoms with van der Waals surface area (Å²) >= 11 is 0. The van der Waals surface area contributed by atoms with Crippen molar-refractivity contribution < 1.29 is 28.2 Å². The van der Waals surface area contributed by atoms with Gasteiger partial charge in [0.25, 0.3) is 0 Å². The molecule has 1 aliphatic carbocycles. The van der Waals surface area contributed by atoms with Crippen molar-refractivity contribution in [2.75, 3.05) is 7.11 Å². The number of allylic oxidation sites excluding steroid dienone is 2. The fraction of sp³-hybridized carbons (Fsp3) is 0.211. The third-order valence-electron chi connectivity index (χ3n) is 4.41. The molecule has 1 aromatic carbocycles. The Labute approximate surface area is 148 Å². The van der Waals surface area contributed by atoms with E-state index in [0.29, 0.717) is 11.3 Å². The van der Waals surface area contributed by atoms with Gasteiger partial charge in [0.2, 0.25) is 11.6 Å². The molecule has 0 bridgehead atoms. The Bertz CT molecular complexity index is 953. The van der Waals surface area contributed by atoms with Crippen LogP contribution >= 0.6 is 0 Å². The lowest BCUT2D eigenvalue weighted by Gasteiger charge is -2.13. The summed E-state index contributed by atoms with van der Waals surface area (Å²) < 4.78 is 24.8. The predicted molar refractivity (Wildman–Crippen MR) is 89.4 cm³/mol. The van der Waals surface area contributed by atoms with E-state index >= 15 is 0 Å². The van der Waals surface area contributed by atoms with Gasteiger partial charge in [0.1, 0.15) is 18.1 Å². The largest absolute Gasteiger partial charge is 0.492 e. The Kier molecular flexibility index (Phi) is 4.46. The van der Waals surface area contributed by atoms with Crippen LogP contribution in [0.15, 0.2) is 36.1 Å². The van der Waals surface area contributed by atoms with Gasteiger partial charge in [0.15, 0.2) is 5.76 Å². The highest BCUT2D eigenvalue weighted by Gasteiger charge is 2.34. The smallest absolute Gasteiger partial charge is 0.338 e. The predicted octanol–water partition coefficient (Wildman–Crippen LogP) is 2.74. The number of benzene rings is 1. The minimum atomic E-state index is -0.654. The van der Waals surface area contributed by atoms with Crippen LogP contribution in [0.1, 0.15) is 42.5 Å². The molecule has 0 saturated heterocycles. The molecular weight excluding hydrogens is 341 g/mol. The second kappa shape index (κ2) is 6.59. The van der Waals surface area contributed by atoms with Crippen molar-refractivity contribution in [1.29, 1.82) is 0 Å². The minimum absolute atomic E-state index is 0.0563. The zero-order chi connectivity index (χ0) is 19.0. The van der Waals surface area contributed by atoms with Crippen LogP contribution in [-0.4, -0.2) is 29.2 Å². The highest BCUT2D eigenvalue weighted by Crippen LogP contribution is 2.30. The summed E-state index contributed by atoms with van der Waals surface area (Å²) in [7, 11) is 2.97. The molecule has 6 nitrogen and oxygen atoms in total. The number of hydrogen-bond donors (Lipinski definition) is 0. The molecule has 0 N–H and O–H groups in total. The summed E-state index contributed by atoms with van der Waals surface area (Å²) in [5.74, 6) is -1.95. The normalized spacial score (nSPS) is 13.3. The van der Waals surface area contributed by atoms with E-state index in [1.165, 1.54) is 19.2 Å². The molecular formula is C19H16FNO5. The molecule has 1 heterocycles. The van der Waals surface area contributed by atoms with Crippen molar-refractivity contribution in [1.82, 2.24) is 4.57 Å². The number of ketones is 2. The summed E-state index contributed by atoms with van der Waals surface area (Å²) in [6.45, 7) is 1.54. The summed E-state index contributed by atoms with van der Waals surface area (Å²) in [4.78, 5) is 37.0. The number of esters is 1. The Balaban J connectivity index is 1.92. The second-order valence-corrected chi connectivity index (χ2v) is 5.84. The van der Waals surface area contributed by atoms with Gasteiger partial charge in [-0.05, 0) is 31.2 Å². The van der Waals surface area contributed by atoms with Crippen LogP contribution < -0.4 is 0 Å². The number of hydrogen-bond acceptors (Lipinski definition) is 5. The third-order valence-corrected chi connectivity index (χ3v) is 4.41. The van der Waals surface area contributed by atoms with Gasteiger partial charge in [-0.1, -0.05) is 0 Å². The summed E-state index contributed by atoms with van der Waals surface area (Å²) in [6.07, 6.45) is 1.15. The van der Waals surface area contributed by atoms with Gasteiger partial charge in [-0.25, -0.2) is 9.18 Å². The molecule has 0 spiro atoms. The molecule has 0 radical (unpaired) electrons. The van der Waals surface area contributed by atoms with E-state index in [9.17, 15) is 18.8 Å². The molecule has 2 aromatic rings. The second-order valence-electron chi connectivity index (χ2n) is 5.84. The third kappa shape index (κ3) is 2.81. The summed E-state index contributed by atoms with van der Waals surface area (Å²) in [5.41, 5.74) is 1.68. The van der Waals surface area contributed by atoms with Crippen LogP contribution in [0.2, 0.25) is 0 Å². The number of carbonyl (C=O) groups excluding carboxylic acids is 3. The maximum Gasteiger partial charge on any atom is 0.338 e. The van der Waals surface area contributed by atoms with Gasteiger partial charge in [0.05, 0.1) is 18.2 Å². The highest BCUT2D eigenvalue weighted by atomic mass is 19.1. The van der Waals surface area contributed by atoms with Crippen molar-refractivity contribution in [3.05, 3.63) is 70.0 Å². The van der Waals surface area contributed by atoms with Gasteiger partial charge in [0, 0.05) is 24.4 Å². The van der Waals surface area contributed by atoms with Crippen molar-refractivity contribution in [2.24, 2.45) is 7.05 Å². The number of rotatable bonds is 4. The number of fused-ring (bicyclic) bond motifs is 1. The van der Waals surface area contributed by atoms with Crippen molar-refractivity contribution in [3.63, 3.8) is 0 Å². The van der Waals surface area contributed by atoms with Crippen molar-refractivity contribution in [3.8, 4) is 0 Å². The molecule has 0 unspecified atom stereocenters. The topological polar surface area (TPSA) is 74.6 Å².